The van der Waals surface area contributed by atoms with E-state index in [1.54, 1.807) is 20.8 Å². The van der Waals surface area contributed by atoms with Gasteiger partial charge in [-0.25, -0.2) is 4.79 Å². The predicted octanol–water partition coefficient (Wildman–Crippen LogP) is 2.08. The van der Waals surface area contributed by atoms with Crippen molar-refractivity contribution in [1.82, 2.24) is 5.32 Å². The minimum absolute atomic E-state index is 0.471. The molecule has 0 unspecified atom stereocenters. The zero-order chi connectivity index (χ0) is 11.9. The molecule has 0 heterocycles. The van der Waals surface area contributed by atoms with E-state index in [2.05, 4.69) is 12.2 Å². The highest BCUT2D eigenvalue weighted by Crippen LogP contribution is 2.07. The first-order chi connectivity index (χ1) is 6.89. The minimum atomic E-state index is -0.552. The van der Waals surface area contributed by atoms with Crippen LogP contribution >= 0.6 is 0 Å². The summed E-state index contributed by atoms with van der Waals surface area (Å²) in [5.41, 5.74) is -0.538. The molecule has 0 spiro atoms. The van der Waals surface area contributed by atoms with E-state index in [1.807, 2.05) is 0 Å². The number of nitrogens with one attached hydrogen (secondary N) is 1. The third kappa shape index (κ3) is 7.97. The summed E-state index contributed by atoms with van der Waals surface area (Å²) in [7, 11) is 0. The van der Waals surface area contributed by atoms with Gasteiger partial charge in [-0.15, -0.1) is 0 Å². The second-order valence-electron chi connectivity index (χ2n) is 4.38. The van der Waals surface area contributed by atoms with Crippen LogP contribution in [0.3, 0.4) is 0 Å². The van der Waals surface area contributed by atoms with Crippen molar-refractivity contribution in [2.75, 3.05) is 0 Å². The van der Waals surface area contributed by atoms with Gasteiger partial charge in [0.25, 0.3) is 0 Å². The van der Waals surface area contributed by atoms with Gasteiger partial charge >= 0.3 is 6.09 Å². The molecule has 0 aliphatic heterocycles. The Morgan fingerprint density at radius 2 is 2.13 bits per heavy atom. The van der Waals surface area contributed by atoms with Gasteiger partial charge in [-0.2, -0.15) is 0 Å². The van der Waals surface area contributed by atoms with E-state index in [9.17, 15) is 9.59 Å². The maximum absolute atomic E-state index is 11.3. The molecule has 0 aromatic carbocycles. The van der Waals surface area contributed by atoms with Crippen molar-refractivity contribution >= 4 is 12.4 Å². The van der Waals surface area contributed by atoms with Gasteiger partial charge in [0.2, 0.25) is 0 Å². The van der Waals surface area contributed by atoms with Crippen LogP contribution in [0.25, 0.3) is 0 Å². The fraction of sp³-hybridized carbons (Fsp3) is 0.727. The Labute approximate surface area is 91.4 Å². The summed E-state index contributed by atoms with van der Waals surface area (Å²) in [6.45, 7) is 9.00. The average molecular weight is 214 g/mol. The lowest BCUT2D eigenvalue weighted by atomic mass is 10.1. The topological polar surface area (TPSA) is 55.4 Å². The van der Waals surface area contributed by atoms with Crippen LogP contribution in [0.15, 0.2) is 0 Å². The Morgan fingerprint density at radius 1 is 1.53 bits per heavy atom. The maximum atomic E-state index is 11.3. The van der Waals surface area contributed by atoms with Crippen LogP contribution in [-0.4, -0.2) is 24.0 Å². The van der Waals surface area contributed by atoms with Crippen molar-refractivity contribution in [1.29, 1.82) is 0 Å². The fourth-order valence-corrected chi connectivity index (χ4v) is 0.997. The van der Waals surface area contributed by atoms with Crippen molar-refractivity contribution in [3.8, 4) is 0 Å². The molecule has 1 N–H and O–H groups in total. The van der Waals surface area contributed by atoms with Crippen LogP contribution in [0.4, 0.5) is 4.79 Å². The number of hydrogen-bond donors (Lipinski definition) is 1. The third-order valence-corrected chi connectivity index (χ3v) is 1.63. The molecule has 1 amide bonds. The molecule has 0 aliphatic carbocycles. The monoisotopic (exact) mass is 214 g/mol. The first-order valence-electron chi connectivity index (χ1n) is 5.13. The van der Waals surface area contributed by atoms with E-state index in [0.717, 1.165) is 19.1 Å². The smallest absolute Gasteiger partial charge is 0.408 e. The number of carbonyl (C=O) groups is 2. The Bertz CT molecular complexity index is 208. The van der Waals surface area contributed by atoms with Gasteiger partial charge in [0, 0.05) is 0 Å². The number of rotatable bonds is 5. The largest absolute Gasteiger partial charge is 0.444 e. The molecule has 0 bridgehead atoms. The lowest BCUT2D eigenvalue weighted by molar-refractivity contribution is -0.109. The summed E-state index contributed by atoms with van der Waals surface area (Å²) in [5, 5.41) is 2.50. The average Bonchev–Trinajstić information content (AvgIpc) is 2.09. The van der Waals surface area contributed by atoms with Gasteiger partial charge in [-0.1, -0.05) is 19.8 Å². The quantitative estimate of drug-likeness (QED) is 0.713. The summed E-state index contributed by atoms with van der Waals surface area (Å²) < 4.78 is 5.03. The molecule has 1 atom stereocenters. The number of aldehydes is 1. The van der Waals surface area contributed by atoms with Crippen LogP contribution in [0.1, 0.15) is 40.0 Å². The number of amides is 1. The van der Waals surface area contributed by atoms with Crippen molar-refractivity contribution in [2.45, 2.75) is 51.7 Å². The molecule has 1 radical (unpaired) electrons. The Morgan fingerprint density at radius 3 is 2.53 bits per heavy atom. The number of ether oxygens (including phenoxy) is 1. The van der Waals surface area contributed by atoms with Crippen molar-refractivity contribution in [2.24, 2.45) is 0 Å². The highest BCUT2D eigenvalue weighted by Gasteiger charge is 2.18. The van der Waals surface area contributed by atoms with Crippen LogP contribution in [0, 0.1) is 6.92 Å². The van der Waals surface area contributed by atoms with Crippen molar-refractivity contribution in [3.63, 3.8) is 0 Å². The first kappa shape index (κ1) is 13.9. The van der Waals surface area contributed by atoms with Gasteiger partial charge in [-0.3, -0.25) is 0 Å². The standard InChI is InChI=1S/C11H20NO3/c1-5-6-7-9(8-13)12-10(14)15-11(2,3)4/h8-9H,1,5-7H2,2-4H3,(H,12,14)/t9-/m0/s1. The molecule has 0 rings (SSSR count). The van der Waals surface area contributed by atoms with E-state index in [4.69, 9.17) is 4.74 Å². The number of alkyl carbamates (subject to hydrolysis) is 1. The van der Waals surface area contributed by atoms with Crippen molar-refractivity contribution < 1.29 is 14.3 Å². The highest BCUT2D eigenvalue weighted by atomic mass is 16.6. The summed E-state index contributed by atoms with van der Waals surface area (Å²) >= 11 is 0. The Balaban J connectivity index is 3.96. The van der Waals surface area contributed by atoms with E-state index < -0.39 is 17.7 Å². The fourth-order valence-electron chi connectivity index (χ4n) is 0.997. The third-order valence-electron chi connectivity index (χ3n) is 1.63. The SMILES string of the molecule is [CH2]CCC[C@@H](C=O)NC(=O)OC(C)(C)C. The summed E-state index contributed by atoms with van der Waals surface area (Å²) in [5.74, 6) is 0. The summed E-state index contributed by atoms with van der Waals surface area (Å²) in [6.07, 6.45) is 2.33. The molecule has 0 aromatic heterocycles. The lowest BCUT2D eigenvalue weighted by Crippen LogP contribution is -2.39. The van der Waals surface area contributed by atoms with Gasteiger partial charge in [-0.05, 0) is 27.2 Å². The van der Waals surface area contributed by atoms with E-state index in [1.165, 1.54) is 0 Å². The molecule has 87 valence electrons. The number of unbranched alkanes of at least 4 members (excludes halogenated alkanes) is 1. The second kappa shape index (κ2) is 6.43. The normalized spacial score (nSPS) is 13.1. The Hall–Kier alpha value is -1.06. The maximum Gasteiger partial charge on any atom is 0.408 e. The number of hydrogen-bond acceptors (Lipinski definition) is 3. The molecular formula is C11H20NO3. The lowest BCUT2D eigenvalue weighted by Gasteiger charge is -2.21. The summed E-state index contributed by atoms with van der Waals surface area (Å²) in [6, 6.07) is -0.471. The van der Waals surface area contributed by atoms with Crippen LogP contribution < -0.4 is 5.32 Å². The molecule has 0 saturated heterocycles. The predicted molar refractivity (Wildman–Crippen MR) is 58.4 cm³/mol. The molecule has 0 aliphatic rings. The Kier molecular flexibility index (Phi) is 5.97. The van der Waals surface area contributed by atoms with E-state index in [0.29, 0.717) is 6.42 Å². The molecule has 4 nitrogen and oxygen atoms in total. The van der Waals surface area contributed by atoms with Crippen LogP contribution in [0.2, 0.25) is 0 Å². The highest BCUT2D eigenvalue weighted by molar-refractivity contribution is 5.73. The zero-order valence-corrected chi connectivity index (χ0v) is 9.71. The molecule has 0 fully saturated rings. The van der Waals surface area contributed by atoms with Gasteiger partial charge < -0.3 is 14.8 Å². The van der Waals surface area contributed by atoms with Gasteiger partial charge in [0.15, 0.2) is 0 Å². The van der Waals surface area contributed by atoms with E-state index in [-0.39, 0.29) is 0 Å². The molecule has 0 aromatic rings. The second-order valence-corrected chi connectivity index (χ2v) is 4.38. The van der Waals surface area contributed by atoms with Gasteiger partial charge in [0.05, 0.1) is 6.04 Å². The molecule has 0 saturated carbocycles. The van der Waals surface area contributed by atoms with Gasteiger partial charge in [0.1, 0.15) is 11.9 Å². The molecule has 15 heavy (non-hydrogen) atoms. The molecule has 4 heteroatoms. The van der Waals surface area contributed by atoms with E-state index >= 15 is 0 Å². The number of carbonyl (C=O) groups excluding carboxylic acids is 2. The minimum Gasteiger partial charge on any atom is -0.444 e. The summed E-state index contributed by atoms with van der Waals surface area (Å²) in [4.78, 5) is 21.9. The van der Waals surface area contributed by atoms with Crippen molar-refractivity contribution in [3.05, 3.63) is 6.92 Å². The zero-order valence-electron chi connectivity index (χ0n) is 9.71. The first-order valence-corrected chi connectivity index (χ1v) is 5.13. The molecular weight excluding hydrogens is 194 g/mol. The van der Waals surface area contributed by atoms with Crippen LogP contribution in [-0.2, 0) is 9.53 Å². The van der Waals surface area contributed by atoms with Crippen LogP contribution in [0.5, 0.6) is 0 Å².